The van der Waals surface area contributed by atoms with Crippen LogP contribution >= 0.6 is 23.1 Å². The summed E-state index contributed by atoms with van der Waals surface area (Å²) in [5.74, 6) is -0.215. The molecular formula is C19H20N4OS2. The molecule has 0 spiro atoms. The number of pyridine rings is 1. The first-order valence-electron chi connectivity index (χ1n) is 8.58. The van der Waals surface area contributed by atoms with E-state index in [9.17, 15) is 4.79 Å². The number of nitrogens with one attached hydrogen (secondary N) is 1. The van der Waals surface area contributed by atoms with Gasteiger partial charge in [0.2, 0.25) is 5.13 Å². The minimum absolute atomic E-state index is 0.215. The first-order valence-corrected chi connectivity index (χ1v) is 10.2. The van der Waals surface area contributed by atoms with Crippen molar-refractivity contribution in [3.8, 4) is 0 Å². The van der Waals surface area contributed by atoms with Crippen LogP contribution in [0.4, 0.5) is 5.13 Å². The molecule has 1 N–H and O–H groups in total. The van der Waals surface area contributed by atoms with E-state index in [1.54, 1.807) is 18.3 Å². The number of carbonyl (C=O) groups is 1. The van der Waals surface area contributed by atoms with Gasteiger partial charge in [0.1, 0.15) is 10.0 Å². The fourth-order valence-corrected chi connectivity index (χ4v) is 4.02. The van der Waals surface area contributed by atoms with Crippen LogP contribution in [0.1, 0.15) is 41.6 Å². The van der Waals surface area contributed by atoms with Crippen LogP contribution in [0.2, 0.25) is 0 Å². The summed E-state index contributed by atoms with van der Waals surface area (Å²) in [5.41, 5.74) is 0.532. The van der Waals surface area contributed by atoms with E-state index < -0.39 is 0 Å². The van der Waals surface area contributed by atoms with Crippen molar-refractivity contribution in [2.24, 2.45) is 0 Å². The topological polar surface area (TPSA) is 67.8 Å². The summed E-state index contributed by atoms with van der Waals surface area (Å²) in [7, 11) is 0. The number of amides is 1. The molecule has 5 nitrogen and oxygen atoms in total. The Morgan fingerprint density at radius 3 is 2.77 bits per heavy atom. The van der Waals surface area contributed by atoms with Crippen LogP contribution in [0.15, 0.2) is 58.6 Å². The van der Waals surface area contributed by atoms with Crippen molar-refractivity contribution in [2.45, 2.75) is 42.5 Å². The molecule has 1 aromatic carbocycles. The SMILES string of the molecule is CCCCCc1nnc(NC(=O)c2cccnc2Sc2ccccc2)s1. The number of hydrogen-bond acceptors (Lipinski definition) is 6. The lowest BCUT2D eigenvalue weighted by Gasteiger charge is -2.07. The van der Waals surface area contributed by atoms with E-state index in [-0.39, 0.29) is 5.91 Å². The quantitative estimate of drug-likeness (QED) is 0.549. The second kappa shape index (κ2) is 9.45. The molecule has 7 heteroatoms. The first-order chi connectivity index (χ1) is 12.8. The lowest BCUT2D eigenvalue weighted by molar-refractivity contribution is 0.102. The predicted molar refractivity (Wildman–Crippen MR) is 106 cm³/mol. The zero-order valence-electron chi connectivity index (χ0n) is 14.5. The highest BCUT2D eigenvalue weighted by Crippen LogP contribution is 2.29. The highest BCUT2D eigenvalue weighted by atomic mass is 32.2. The van der Waals surface area contributed by atoms with Crippen molar-refractivity contribution >= 4 is 34.1 Å². The molecule has 0 aliphatic heterocycles. The minimum Gasteiger partial charge on any atom is -0.296 e. The van der Waals surface area contributed by atoms with Crippen molar-refractivity contribution in [2.75, 3.05) is 5.32 Å². The number of unbranched alkanes of at least 4 members (excludes halogenated alkanes) is 2. The van der Waals surface area contributed by atoms with Gasteiger partial charge in [-0.15, -0.1) is 10.2 Å². The first kappa shape index (κ1) is 18.5. The van der Waals surface area contributed by atoms with Crippen molar-refractivity contribution in [1.82, 2.24) is 15.2 Å². The van der Waals surface area contributed by atoms with Gasteiger partial charge in [-0.3, -0.25) is 10.1 Å². The van der Waals surface area contributed by atoms with Gasteiger partial charge in [-0.25, -0.2) is 4.98 Å². The van der Waals surface area contributed by atoms with Gasteiger partial charge in [0, 0.05) is 17.5 Å². The third-order valence-electron chi connectivity index (χ3n) is 3.66. The smallest absolute Gasteiger partial charge is 0.260 e. The molecule has 2 aromatic heterocycles. The zero-order valence-corrected chi connectivity index (χ0v) is 16.1. The van der Waals surface area contributed by atoms with Gasteiger partial charge >= 0.3 is 0 Å². The Balaban J connectivity index is 1.68. The Kier molecular flexibility index (Phi) is 6.74. The molecule has 0 radical (unpaired) electrons. The molecule has 0 saturated heterocycles. The average molecular weight is 385 g/mol. The fourth-order valence-electron chi connectivity index (χ4n) is 2.34. The summed E-state index contributed by atoms with van der Waals surface area (Å²) in [4.78, 5) is 18.1. The van der Waals surface area contributed by atoms with Crippen LogP contribution in [-0.4, -0.2) is 21.1 Å². The van der Waals surface area contributed by atoms with E-state index in [1.165, 1.54) is 35.9 Å². The Hall–Kier alpha value is -2.25. The van der Waals surface area contributed by atoms with E-state index in [4.69, 9.17) is 0 Å². The van der Waals surface area contributed by atoms with E-state index in [2.05, 4.69) is 27.4 Å². The second-order valence-electron chi connectivity index (χ2n) is 5.68. The Morgan fingerprint density at radius 1 is 1.12 bits per heavy atom. The lowest BCUT2D eigenvalue weighted by Crippen LogP contribution is -2.13. The normalized spacial score (nSPS) is 10.7. The number of hydrogen-bond donors (Lipinski definition) is 1. The minimum atomic E-state index is -0.215. The van der Waals surface area contributed by atoms with Gasteiger partial charge in [-0.05, 0) is 30.7 Å². The molecule has 2 heterocycles. The summed E-state index contributed by atoms with van der Waals surface area (Å²) in [6, 6.07) is 13.4. The molecule has 134 valence electrons. The van der Waals surface area contributed by atoms with E-state index in [1.807, 2.05) is 30.3 Å². The van der Waals surface area contributed by atoms with Crippen LogP contribution in [0, 0.1) is 0 Å². The molecular weight excluding hydrogens is 364 g/mol. The standard InChI is InChI=1S/C19H20N4OS2/c1-2-3-5-12-16-22-23-19(26-16)21-17(24)15-11-8-13-20-18(15)25-14-9-6-4-7-10-14/h4,6-11,13H,2-3,5,12H2,1H3,(H,21,23,24). The molecule has 1 amide bonds. The summed E-state index contributed by atoms with van der Waals surface area (Å²) in [5, 5.41) is 13.2. The third-order valence-corrected chi connectivity index (χ3v) is 5.58. The lowest BCUT2D eigenvalue weighted by atomic mass is 10.2. The van der Waals surface area contributed by atoms with Crippen molar-refractivity contribution < 1.29 is 4.79 Å². The largest absolute Gasteiger partial charge is 0.296 e. The molecule has 3 rings (SSSR count). The molecule has 0 bridgehead atoms. The summed E-state index contributed by atoms with van der Waals surface area (Å²) in [6.45, 7) is 2.17. The zero-order chi connectivity index (χ0) is 18.2. The van der Waals surface area contributed by atoms with Crippen LogP contribution in [0.25, 0.3) is 0 Å². The molecule has 0 unspecified atom stereocenters. The molecule has 0 aliphatic rings. The number of carbonyl (C=O) groups excluding carboxylic acids is 1. The highest BCUT2D eigenvalue weighted by molar-refractivity contribution is 7.99. The monoisotopic (exact) mass is 384 g/mol. The van der Waals surface area contributed by atoms with E-state index >= 15 is 0 Å². The van der Waals surface area contributed by atoms with Gasteiger partial charge in [-0.2, -0.15) is 0 Å². The molecule has 0 atom stereocenters. The van der Waals surface area contributed by atoms with Crippen LogP contribution in [0.3, 0.4) is 0 Å². The Labute approximate surface area is 161 Å². The number of aromatic nitrogens is 3. The maximum Gasteiger partial charge on any atom is 0.260 e. The molecule has 3 aromatic rings. The van der Waals surface area contributed by atoms with E-state index in [0.29, 0.717) is 15.7 Å². The Morgan fingerprint density at radius 2 is 1.96 bits per heavy atom. The van der Waals surface area contributed by atoms with Gasteiger partial charge < -0.3 is 0 Å². The van der Waals surface area contributed by atoms with E-state index in [0.717, 1.165) is 22.7 Å². The van der Waals surface area contributed by atoms with Crippen molar-refractivity contribution in [3.05, 3.63) is 59.2 Å². The number of anilines is 1. The molecule has 0 fully saturated rings. The van der Waals surface area contributed by atoms with Gasteiger partial charge in [0.25, 0.3) is 5.91 Å². The number of nitrogens with zero attached hydrogens (tertiary/aromatic N) is 3. The number of benzene rings is 1. The van der Waals surface area contributed by atoms with Crippen LogP contribution < -0.4 is 5.32 Å². The predicted octanol–water partition coefficient (Wildman–Crippen LogP) is 5.07. The van der Waals surface area contributed by atoms with Crippen molar-refractivity contribution in [1.29, 1.82) is 0 Å². The van der Waals surface area contributed by atoms with Gasteiger partial charge in [0.15, 0.2) is 0 Å². The number of aryl methyl sites for hydroxylation is 1. The van der Waals surface area contributed by atoms with Gasteiger partial charge in [-0.1, -0.05) is 61.1 Å². The summed E-state index contributed by atoms with van der Waals surface area (Å²) in [6.07, 6.45) is 6.05. The summed E-state index contributed by atoms with van der Waals surface area (Å²) >= 11 is 2.90. The molecule has 0 saturated carbocycles. The average Bonchev–Trinajstić information content (AvgIpc) is 3.10. The van der Waals surface area contributed by atoms with Crippen molar-refractivity contribution in [3.63, 3.8) is 0 Å². The maximum atomic E-state index is 12.7. The van der Waals surface area contributed by atoms with Crippen LogP contribution in [0.5, 0.6) is 0 Å². The van der Waals surface area contributed by atoms with Crippen LogP contribution in [-0.2, 0) is 6.42 Å². The molecule has 0 aliphatic carbocycles. The van der Waals surface area contributed by atoms with Gasteiger partial charge in [0.05, 0.1) is 5.56 Å². The second-order valence-corrected chi connectivity index (χ2v) is 7.81. The number of rotatable bonds is 8. The maximum absolute atomic E-state index is 12.7. The Bertz CT molecular complexity index is 852. The fraction of sp³-hybridized carbons (Fsp3) is 0.263. The third kappa shape index (κ3) is 5.12. The highest BCUT2D eigenvalue weighted by Gasteiger charge is 2.15. The summed E-state index contributed by atoms with van der Waals surface area (Å²) < 4.78 is 0. The molecule has 26 heavy (non-hydrogen) atoms.